The smallest absolute Gasteiger partial charge is 0.0197 e. The molecule has 3 nitrogen and oxygen atoms in total. The lowest BCUT2D eigenvalue weighted by Crippen LogP contribution is -2.51. The maximum absolute atomic E-state index is 6.06. The van der Waals surface area contributed by atoms with E-state index in [-0.39, 0.29) is 0 Å². The highest BCUT2D eigenvalue weighted by Gasteiger charge is 2.35. The standard InChI is InChI=1S/C16H33N3/c1-4-14-6-7-15(11-17)16(10-14)19-9-5-8-18(3)12-13(19)2/h13-16H,4-12,17H2,1-3H3. The minimum atomic E-state index is 0.683. The molecule has 1 aliphatic heterocycles. The molecular weight excluding hydrogens is 234 g/mol. The Morgan fingerprint density at radius 2 is 2.00 bits per heavy atom. The second-order valence-electron chi connectivity index (χ2n) is 6.85. The van der Waals surface area contributed by atoms with Crippen molar-refractivity contribution in [2.24, 2.45) is 17.6 Å². The Labute approximate surface area is 119 Å². The number of likely N-dealkylation sites (N-methyl/N-ethyl adjacent to an activating group) is 1. The maximum Gasteiger partial charge on any atom is 0.0197 e. The number of nitrogens with two attached hydrogens (primary N) is 1. The van der Waals surface area contributed by atoms with Crippen molar-refractivity contribution in [1.82, 2.24) is 9.80 Å². The number of hydrogen-bond donors (Lipinski definition) is 1. The van der Waals surface area contributed by atoms with Crippen LogP contribution in [-0.4, -0.2) is 55.1 Å². The van der Waals surface area contributed by atoms with Gasteiger partial charge in [-0.15, -0.1) is 0 Å². The van der Waals surface area contributed by atoms with Crippen LogP contribution in [0.15, 0.2) is 0 Å². The Morgan fingerprint density at radius 3 is 2.68 bits per heavy atom. The lowest BCUT2D eigenvalue weighted by atomic mass is 9.76. The molecule has 0 bridgehead atoms. The van der Waals surface area contributed by atoms with Crippen LogP contribution < -0.4 is 5.73 Å². The third kappa shape index (κ3) is 3.71. The van der Waals surface area contributed by atoms with Crippen LogP contribution in [0.25, 0.3) is 0 Å². The Bertz CT molecular complexity index is 269. The molecule has 0 aromatic carbocycles. The lowest BCUT2D eigenvalue weighted by molar-refractivity contribution is 0.0531. The fourth-order valence-electron chi connectivity index (χ4n) is 4.23. The first-order chi connectivity index (χ1) is 9.15. The first-order valence-electron chi connectivity index (χ1n) is 8.30. The molecule has 2 N–H and O–H groups in total. The van der Waals surface area contributed by atoms with Crippen molar-refractivity contribution in [3.63, 3.8) is 0 Å². The first kappa shape index (κ1) is 15.3. The van der Waals surface area contributed by atoms with Gasteiger partial charge < -0.3 is 10.6 Å². The predicted octanol–water partition coefficient (Wildman–Crippen LogP) is 2.17. The van der Waals surface area contributed by atoms with E-state index in [1.54, 1.807) is 0 Å². The molecule has 2 fully saturated rings. The molecule has 19 heavy (non-hydrogen) atoms. The second-order valence-corrected chi connectivity index (χ2v) is 6.85. The maximum atomic E-state index is 6.06. The monoisotopic (exact) mass is 267 g/mol. The molecule has 1 saturated carbocycles. The normalized spacial score (nSPS) is 39.2. The molecule has 2 aliphatic rings. The number of hydrogen-bond acceptors (Lipinski definition) is 3. The van der Waals surface area contributed by atoms with Gasteiger partial charge in [0.1, 0.15) is 0 Å². The summed E-state index contributed by atoms with van der Waals surface area (Å²) < 4.78 is 0. The van der Waals surface area contributed by atoms with Crippen molar-refractivity contribution in [1.29, 1.82) is 0 Å². The summed E-state index contributed by atoms with van der Waals surface area (Å²) in [6.45, 7) is 9.36. The van der Waals surface area contributed by atoms with Gasteiger partial charge in [0.15, 0.2) is 0 Å². The highest BCUT2D eigenvalue weighted by atomic mass is 15.3. The van der Waals surface area contributed by atoms with Crippen LogP contribution >= 0.6 is 0 Å². The molecule has 4 unspecified atom stereocenters. The molecule has 4 atom stereocenters. The van der Waals surface area contributed by atoms with Crippen LogP contribution in [0.5, 0.6) is 0 Å². The van der Waals surface area contributed by atoms with Gasteiger partial charge in [-0.2, -0.15) is 0 Å². The van der Waals surface area contributed by atoms with Gasteiger partial charge in [-0.05, 0) is 64.7 Å². The predicted molar refractivity (Wildman–Crippen MR) is 82.2 cm³/mol. The van der Waals surface area contributed by atoms with Crippen LogP contribution in [0.2, 0.25) is 0 Å². The second kappa shape index (κ2) is 7.05. The zero-order valence-electron chi connectivity index (χ0n) is 13.1. The summed E-state index contributed by atoms with van der Waals surface area (Å²) in [5.41, 5.74) is 6.06. The molecule has 0 amide bonds. The molecule has 2 rings (SSSR count). The molecule has 0 spiro atoms. The fourth-order valence-corrected chi connectivity index (χ4v) is 4.23. The molecule has 3 heteroatoms. The summed E-state index contributed by atoms with van der Waals surface area (Å²) in [6, 6.07) is 1.42. The summed E-state index contributed by atoms with van der Waals surface area (Å²) in [5.74, 6) is 1.66. The van der Waals surface area contributed by atoms with E-state index in [4.69, 9.17) is 5.73 Å². The number of nitrogens with zero attached hydrogens (tertiary/aromatic N) is 2. The summed E-state index contributed by atoms with van der Waals surface area (Å²) in [6.07, 6.45) is 6.78. The Morgan fingerprint density at radius 1 is 1.21 bits per heavy atom. The van der Waals surface area contributed by atoms with E-state index in [0.717, 1.165) is 24.4 Å². The summed E-state index contributed by atoms with van der Waals surface area (Å²) in [7, 11) is 2.26. The van der Waals surface area contributed by atoms with Gasteiger partial charge >= 0.3 is 0 Å². The molecule has 0 aromatic rings. The minimum absolute atomic E-state index is 0.683. The van der Waals surface area contributed by atoms with Crippen molar-refractivity contribution in [2.45, 2.75) is 58.0 Å². The van der Waals surface area contributed by atoms with E-state index < -0.39 is 0 Å². The highest BCUT2D eigenvalue weighted by Crippen LogP contribution is 2.35. The van der Waals surface area contributed by atoms with E-state index >= 15 is 0 Å². The Hall–Kier alpha value is -0.120. The minimum Gasteiger partial charge on any atom is -0.330 e. The van der Waals surface area contributed by atoms with E-state index in [1.807, 2.05) is 0 Å². The first-order valence-corrected chi connectivity index (χ1v) is 8.30. The molecule has 112 valence electrons. The van der Waals surface area contributed by atoms with E-state index in [9.17, 15) is 0 Å². The topological polar surface area (TPSA) is 32.5 Å². The van der Waals surface area contributed by atoms with Gasteiger partial charge in [-0.3, -0.25) is 4.90 Å². The van der Waals surface area contributed by atoms with Crippen LogP contribution in [0, 0.1) is 11.8 Å². The Balaban J connectivity index is 2.06. The van der Waals surface area contributed by atoms with Crippen LogP contribution in [0.1, 0.15) is 46.0 Å². The van der Waals surface area contributed by atoms with Crippen molar-refractivity contribution < 1.29 is 0 Å². The largest absolute Gasteiger partial charge is 0.330 e. The van der Waals surface area contributed by atoms with Crippen LogP contribution in [-0.2, 0) is 0 Å². The van der Waals surface area contributed by atoms with Crippen molar-refractivity contribution in [2.75, 3.05) is 33.2 Å². The fraction of sp³-hybridized carbons (Fsp3) is 1.00. The zero-order chi connectivity index (χ0) is 13.8. The molecule has 1 aliphatic carbocycles. The molecule has 0 aromatic heterocycles. The highest BCUT2D eigenvalue weighted by molar-refractivity contribution is 4.90. The van der Waals surface area contributed by atoms with Crippen molar-refractivity contribution in [3.8, 4) is 0 Å². The average Bonchev–Trinajstić information content (AvgIpc) is 2.58. The van der Waals surface area contributed by atoms with Crippen LogP contribution in [0.4, 0.5) is 0 Å². The van der Waals surface area contributed by atoms with E-state index in [1.165, 1.54) is 51.7 Å². The molecule has 1 saturated heterocycles. The average molecular weight is 267 g/mol. The summed E-state index contributed by atoms with van der Waals surface area (Å²) >= 11 is 0. The Kier molecular flexibility index (Phi) is 5.67. The van der Waals surface area contributed by atoms with Gasteiger partial charge in [0, 0.05) is 18.6 Å². The van der Waals surface area contributed by atoms with Crippen LogP contribution in [0.3, 0.4) is 0 Å². The third-order valence-electron chi connectivity index (χ3n) is 5.47. The van der Waals surface area contributed by atoms with Crippen molar-refractivity contribution in [3.05, 3.63) is 0 Å². The van der Waals surface area contributed by atoms with Gasteiger partial charge in [0.2, 0.25) is 0 Å². The third-order valence-corrected chi connectivity index (χ3v) is 5.47. The number of rotatable bonds is 3. The molecule has 0 radical (unpaired) electrons. The van der Waals surface area contributed by atoms with Gasteiger partial charge in [0.25, 0.3) is 0 Å². The van der Waals surface area contributed by atoms with Gasteiger partial charge in [-0.25, -0.2) is 0 Å². The molecular formula is C16H33N3. The summed E-state index contributed by atoms with van der Waals surface area (Å²) in [5, 5.41) is 0. The van der Waals surface area contributed by atoms with Gasteiger partial charge in [-0.1, -0.05) is 19.8 Å². The lowest BCUT2D eigenvalue weighted by Gasteiger charge is -2.44. The van der Waals surface area contributed by atoms with E-state index in [2.05, 4.69) is 30.7 Å². The molecule has 1 heterocycles. The van der Waals surface area contributed by atoms with Crippen molar-refractivity contribution >= 4 is 0 Å². The summed E-state index contributed by atoms with van der Waals surface area (Å²) in [4.78, 5) is 5.28. The van der Waals surface area contributed by atoms with E-state index in [0.29, 0.717) is 6.04 Å². The zero-order valence-corrected chi connectivity index (χ0v) is 13.1. The quantitative estimate of drug-likeness (QED) is 0.850. The SMILES string of the molecule is CCC1CCC(CN)C(N2CCCN(C)CC2C)C1. The van der Waals surface area contributed by atoms with Gasteiger partial charge in [0.05, 0.1) is 0 Å².